The zero-order chi connectivity index (χ0) is 13.4. The molecule has 1 heterocycles. The third kappa shape index (κ3) is 5.25. The SMILES string of the molecule is CCCNC(CC)CN(C)CC1CCCN1CC. The maximum atomic E-state index is 3.64. The molecule has 0 aromatic rings. The molecule has 1 aliphatic heterocycles. The van der Waals surface area contributed by atoms with Gasteiger partial charge in [-0.15, -0.1) is 0 Å². The molecule has 1 rings (SSSR count). The predicted octanol–water partition coefficient (Wildman–Crippen LogP) is 2.18. The molecule has 18 heavy (non-hydrogen) atoms. The summed E-state index contributed by atoms with van der Waals surface area (Å²) in [4.78, 5) is 5.16. The van der Waals surface area contributed by atoms with Crippen LogP contribution >= 0.6 is 0 Å². The van der Waals surface area contributed by atoms with Gasteiger partial charge in [0.15, 0.2) is 0 Å². The number of hydrogen-bond donors (Lipinski definition) is 1. The van der Waals surface area contributed by atoms with Crippen molar-refractivity contribution in [1.29, 1.82) is 0 Å². The van der Waals surface area contributed by atoms with E-state index in [1.807, 2.05) is 0 Å². The lowest BCUT2D eigenvalue weighted by atomic mass is 10.1. The van der Waals surface area contributed by atoms with Gasteiger partial charge in [0.2, 0.25) is 0 Å². The van der Waals surface area contributed by atoms with Gasteiger partial charge in [-0.1, -0.05) is 20.8 Å². The second-order valence-corrected chi connectivity index (χ2v) is 5.71. The molecule has 0 amide bonds. The lowest BCUT2D eigenvalue weighted by Crippen LogP contribution is -2.44. The van der Waals surface area contributed by atoms with Crippen molar-refractivity contribution < 1.29 is 0 Å². The largest absolute Gasteiger partial charge is 0.313 e. The Bertz CT molecular complexity index is 208. The number of rotatable bonds is 9. The van der Waals surface area contributed by atoms with Crippen LogP contribution in [0.3, 0.4) is 0 Å². The van der Waals surface area contributed by atoms with Crippen LogP contribution in [0.5, 0.6) is 0 Å². The van der Waals surface area contributed by atoms with Gasteiger partial charge in [0, 0.05) is 25.2 Å². The zero-order valence-corrected chi connectivity index (χ0v) is 12.9. The first-order valence-electron chi connectivity index (χ1n) is 7.87. The standard InChI is InChI=1S/C15H33N3/c1-5-10-16-14(6-2)12-17(4)13-15-9-8-11-18(15)7-3/h14-16H,5-13H2,1-4H3. The summed E-state index contributed by atoms with van der Waals surface area (Å²) in [7, 11) is 2.28. The van der Waals surface area contributed by atoms with E-state index in [0.717, 1.165) is 12.6 Å². The van der Waals surface area contributed by atoms with Gasteiger partial charge in [0.1, 0.15) is 0 Å². The van der Waals surface area contributed by atoms with Crippen LogP contribution in [0.2, 0.25) is 0 Å². The molecule has 0 spiro atoms. The van der Waals surface area contributed by atoms with Crippen molar-refractivity contribution >= 4 is 0 Å². The van der Waals surface area contributed by atoms with Crippen LogP contribution in [0.15, 0.2) is 0 Å². The number of hydrogen-bond acceptors (Lipinski definition) is 3. The van der Waals surface area contributed by atoms with E-state index in [-0.39, 0.29) is 0 Å². The van der Waals surface area contributed by atoms with E-state index in [1.54, 1.807) is 0 Å². The Balaban J connectivity index is 2.28. The molecule has 1 fully saturated rings. The lowest BCUT2D eigenvalue weighted by molar-refractivity contribution is 0.187. The highest BCUT2D eigenvalue weighted by Gasteiger charge is 2.24. The topological polar surface area (TPSA) is 18.5 Å². The van der Waals surface area contributed by atoms with Crippen LogP contribution in [0.1, 0.15) is 46.5 Å². The van der Waals surface area contributed by atoms with Gasteiger partial charge in [0.25, 0.3) is 0 Å². The fourth-order valence-corrected chi connectivity index (χ4v) is 3.02. The molecule has 1 N–H and O–H groups in total. The summed E-state index contributed by atoms with van der Waals surface area (Å²) in [5.41, 5.74) is 0. The first kappa shape index (κ1) is 15.9. The Hall–Kier alpha value is -0.120. The second-order valence-electron chi connectivity index (χ2n) is 5.71. The van der Waals surface area contributed by atoms with Gasteiger partial charge in [-0.3, -0.25) is 4.90 Å². The second kappa shape index (κ2) is 8.89. The van der Waals surface area contributed by atoms with E-state index in [4.69, 9.17) is 0 Å². The minimum absolute atomic E-state index is 0.659. The van der Waals surface area contributed by atoms with Crippen molar-refractivity contribution in [3.05, 3.63) is 0 Å². The molecule has 108 valence electrons. The first-order valence-corrected chi connectivity index (χ1v) is 7.87. The summed E-state index contributed by atoms with van der Waals surface area (Å²) in [5, 5.41) is 3.64. The first-order chi connectivity index (χ1) is 8.71. The molecule has 0 radical (unpaired) electrons. The third-order valence-corrected chi connectivity index (χ3v) is 4.14. The van der Waals surface area contributed by atoms with Gasteiger partial charge >= 0.3 is 0 Å². The smallest absolute Gasteiger partial charge is 0.0223 e. The van der Waals surface area contributed by atoms with E-state index in [2.05, 4.69) is 42.9 Å². The van der Waals surface area contributed by atoms with Crippen molar-refractivity contribution in [3.8, 4) is 0 Å². The average Bonchev–Trinajstić information content (AvgIpc) is 2.81. The molecule has 0 bridgehead atoms. The highest BCUT2D eigenvalue weighted by atomic mass is 15.2. The summed E-state index contributed by atoms with van der Waals surface area (Å²) in [5.74, 6) is 0. The van der Waals surface area contributed by atoms with Crippen LogP contribution in [-0.4, -0.2) is 61.7 Å². The lowest BCUT2D eigenvalue weighted by Gasteiger charge is -2.30. The highest BCUT2D eigenvalue weighted by molar-refractivity contribution is 4.81. The van der Waals surface area contributed by atoms with E-state index in [0.29, 0.717) is 6.04 Å². The minimum Gasteiger partial charge on any atom is -0.313 e. The molecular formula is C15H33N3. The Morgan fingerprint density at radius 3 is 2.72 bits per heavy atom. The van der Waals surface area contributed by atoms with Gasteiger partial charge in [-0.05, 0) is 52.4 Å². The molecule has 0 aromatic carbocycles. The fraction of sp³-hybridized carbons (Fsp3) is 1.00. The average molecular weight is 255 g/mol. The van der Waals surface area contributed by atoms with Gasteiger partial charge < -0.3 is 10.2 Å². The van der Waals surface area contributed by atoms with Crippen molar-refractivity contribution in [1.82, 2.24) is 15.1 Å². The Morgan fingerprint density at radius 2 is 2.11 bits per heavy atom. The fourth-order valence-electron chi connectivity index (χ4n) is 3.02. The number of nitrogens with one attached hydrogen (secondary N) is 1. The number of likely N-dealkylation sites (tertiary alicyclic amines) is 1. The summed E-state index contributed by atoms with van der Waals surface area (Å²) in [6.07, 6.45) is 5.23. The molecule has 0 saturated carbocycles. The van der Waals surface area contributed by atoms with Gasteiger partial charge in [-0.2, -0.15) is 0 Å². The Labute approximate surface area is 114 Å². The van der Waals surface area contributed by atoms with Crippen molar-refractivity contribution in [2.45, 2.75) is 58.5 Å². The predicted molar refractivity (Wildman–Crippen MR) is 80.1 cm³/mol. The van der Waals surface area contributed by atoms with Gasteiger partial charge in [0.05, 0.1) is 0 Å². The quantitative estimate of drug-likeness (QED) is 0.681. The molecule has 2 atom stereocenters. The molecule has 3 nitrogen and oxygen atoms in total. The summed E-state index contributed by atoms with van der Waals surface area (Å²) >= 11 is 0. The minimum atomic E-state index is 0.659. The summed E-state index contributed by atoms with van der Waals surface area (Å²) in [6.45, 7) is 12.9. The van der Waals surface area contributed by atoms with E-state index in [9.17, 15) is 0 Å². The summed E-state index contributed by atoms with van der Waals surface area (Å²) < 4.78 is 0. The zero-order valence-electron chi connectivity index (χ0n) is 12.9. The van der Waals surface area contributed by atoms with E-state index >= 15 is 0 Å². The van der Waals surface area contributed by atoms with E-state index < -0.39 is 0 Å². The maximum absolute atomic E-state index is 3.64. The molecule has 1 saturated heterocycles. The molecule has 2 unspecified atom stereocenters. The van der Waals surface area contributed by atoms with Crippen LogP contribution in [0, 0.1) is 0 Å². The van der Waals surface area contributed by atoms with Crippen molar-refractivity contribution in [2.24, 2.45) is 0 Å². The molecule has 0 aliphatic carbocycles. The Kier molecular flexibility index (Phi) is 7.87. The van der Waals surface area contributed by atoms with Crippen LogP contribution in [0.4, 0.5) is 0 Å². The third-order valence-electron chi connectivity index (χ3n) is 4.14. The van der Waals surface area contributed by atoms with Gasteiger partial charge in [-0.25, -0.2) is 0 Å². The van der Waals surface area contributed by atoms with E-state index in [1.165, 1.54) is 51.9 Å². The van der Waals surface area contributed by atoms with Crippen LogP contribution in [0.25, 0.3) is 0 Å². The van der Waals surface area contributed by atoms with Crippen LogP contribution < -0.4 is 5.32 Å². The maximum Gasteiger partial charge on any atom is 0.0223 e. The molecule has 0 aromatic heterocycles. The van der Waals surface area contributed by atoms with Crippen molar-refractivity contribution in [2.75, 3.05) is 39.8 Å². The van der Waals surface area contributed by atoms with Crippen LogP contribution in [-0.2, 0) is 0 Å². The highest BCUT2D eigenvalue weighted by Crippen LogP contribution is 2.17. The Morgan fingerprint density at radius 1 is 1.33 bits per heavy atom. The summed E-state index contributed by atoms with van der Waals surface area (Å²) in [6, 6.07) is 1.45. The molecular weight excluding hydrogens is 222 g/mol. The molecule has 1 aliphatic rings. The molecule has 3 heteroatoms. The number of likely N-dealkylation sites (N-methyl/N-ethyl adjacent to an activating group) is 2. The number of nitrogens with zero attached hydrogens (tertiary/aromatic N) is 2. The van der Waals surface area contributed by atoms with Crippen molar-refractivity contribution in [3.63, 3.8) is 0 Å². The normalized spacial score (nSPS) is 22.8. The monoisotopic (exact) mass is 255 g/mol.